The Labute approximate surface area is 226 Å². The molecule has 0 saturated heterocycles. The number of amides is 2. The van der Waals surface area contributed by atoms with Gasteiger partial charge in [0.2, 0.25) is 0 Å². The van der Waals surface area contributed by atoms with Crippen molar-refractivity contribution in [2.45, 2.75) is 19.8 Å². The Morgan fingerprint density at radius 3 is 2.00 bits per heavy atom. The Morgan fingerprint density at radius 2 is 1.50 bits per heavy atom. The molecular weight excluding hydrogens is 528 g/mol. The maximum Gasteiger partial charge on any atom is 0.336 e. The van der Waals surface area contributed by atoms with Crippen LogP contribution in [0.25, 0.3) is 0 Å². The van der Waals surface area contributed by atoms with Crippen LogP contribution in [0.5, 0.6) is 0 Å². The summed E-state index contributed by atoms with van der Waals surface area (Å²) in [5.74, 6) is -6.13. The van der Waals surface area contributed by atoms with E-state index in [9.17, 15) is 39.4 Å². The van der Waals surface area contributed by atoms with E-state index in [4.69, 9.17) is 9.47 Å². The second-order valence-corrected chi connectivity index (χ2v) is 8.90. The maximum absolute atomic E-state index is 13.4. The highest BCUT2D eigenvalue weighted by molar-refractivity contribution is 6.21. The van der Waals surface area contributed by atoms with E-state index in [0.29, 0.717) is 0 Å². The van der Waals surface area contributed by atoms with Crippen LogP contribution < -0.4 is 0 Å². The van der Waals surface area contributed by atoms with Gasteiger partial charge < -0.3 is 9.47 Å². The van der Waals surface area contributed by atoms with E-state index in [-0.39, 0.29) is 34.7 Å². The van der Waals surface area contributed by atoms with Gasteiger partial charge in [-0.3, -0.25) is 44.5 Å². The van der Waals surface area contributed by atoms with E-state index in [1.165, 1.54) is 26.0 Å². The molecule has 2 amide bonds. The van der Waals surface area contributed by atoms with Gasteiger partial charge in [-0.15, -0.1) is 0 Å². The third-order valence-electron chi connectivity index (χ3n) is 6.69. The first-order chi connectivity index (χ1) is 19.0. The minimum Gasteiger partial charge on any atom is -0.468 e. The number of nitro benzene ring substituents is 2. The van der Waals surface area contributed by atoms with Crippen LogP contribution in [0.15, 0.2) is 58.7 Å². The molecule has 2 unspecified atom stereocenters. The predicted molar refractivity (Wildman–Crippen MR) is 137 cm³/mol. The Hall–Kier alpha value is -5.27. The molecule has 14 heteroatoms. The molecule has 4 rings (SSSR count). The quantitative estimate of drug-likeness (QED) is 0.204. The number of nitrogens with zero attached hydrogens (tertiary/aromatic N) is 4. The van der Waals surface area contributed by atoms with E-state index < -0.39 is 69.0 Å². The molecule has 0 aromatic heterocycles. The summed E-state index contributed by atoms with van der Waals surface area (Å²) < 4.78 is 10.2. The number of hydrogen-bond donors (Lipinski definition) is 0. The van der Waals surface area contributed by atoms with Gasteiger partial charge in [-0.2, -0.15) is 0 Å². The molecule has 2 aliphatic rings. The van der Waals surface area contributed by atoms with E-state index in [2.05, 4.69) is 4.99 Å². The van der Waals surface area contributed by atoms with Crippen molar-refractivity contribution in [2.24, 2.45) is 10.9 Å². The van der Waals surface area contributed by atoms with E-state index in [1.807, 2.05) is 0 Å². The number of methoxy groups -OCH3 is 1. The van der Waals surface area contributed by atoms with Crippen LogP contribution in [-0.4, -0.2) is 64.5 Å². The zero-order valence-corrected chi connectivity index (χ0v) is 21.5. The minimum absolute atomic E-state index is 0.0147. The molecular formula is C26H22N4O10. The highest BCUT2D eigenvalue weighted by Gasteiger charge is 2.48. The molecule has 2 atom stereocenters. The number of hydrogen-bond acceptors (Lipinski definition) is 11. The normalized spacial score (nSPS) is 18.3. The van der Waals surface area contributed by atoms with Gasteiger partial charge in [-0.05, 0) is 32.0 Å². The zero-order chi connectivity index (χ0) is 29.3. The highest BCUT2D eigenvalue weighted by atomic mass is 16.6. The number of rotatable bonds is 8. The average molecular weight is 550 g/mol. The van der Waals surface area contributed by atoms with Crippen molar-refractivity contribution >= 4 is 40.8 Å². The Balaban J connectivity index is 1.71. The Bertz CT molecular complexity index is 1480. The van der Waals surface area contributed by atoms with Crippen molar-refractivity contribution in [1.29, 1.82) is 0 Å². The average Bonchev–Trinajstić information content (AvgIpc) is 3.16. The Kier molecular flexibility index (Phi) is 7.52. The van der Waals surface area contributed by atoms with Gasteiger partial charge in [-0.25, -0.2) is 4.79 Å². The van der Waals surface area contributed by atoms with Gasteiger partial charge in [-0.1, -0.05) is 12.1 Å². The third-order valence-corrected chi connectivity index (χ3v) is 6.69. The standard InChI is InChI=1S/C26H22N4O10/c1-13-19(25(33)39-3)22(21-17(29(35)36)9-6-10-18(21)30(37)38)20(14(2)27-13)26(34)40-12-11-28-23(31)15-7-4-5-8-16(15)24(28)32/h4-10,19,22H,11-12H2,1-3H3. The van der Waals surface area contributed by atoms with Crippen LogP contribution in [0, 0.1) is 26.1 Å². The first-order valence-corrected chi connectivity index (χ1v) is 11.9. The highest BCUT2D eigenvalue weighted by Crippen LogP contribution is 2.46. The van der Waals surface area contributed by atoms with Gasteiger partial charge in [0.25, 0.3) is 23.2 Å². The van der Waals surface area contributed by atoms with Crippen LogP contribution in [0.2, 0.25) is 0 Å². The van der Waals surface area contributed by atoms with Crippen molar-refractivity contribution in [3.05, 3.63) is 90.7 Å². The van der Waals surface area contributed by atoms with Crippen LogP contribution >= 0.6 is 0 Å². The summed E-state index contributed by atoms with van der Waals surface area (Å²) in [6.45, 7) is 2.07. The molecule has 0 fully saturated rings. The number of ether oxygens (including phenoxy) is 2. The van der Waals surface area contributed by atoms with Crippen molar-refractivity contribution in [1.82, 2.24) is 4.90 Å². The molecule has 0 bridgehead atoms. The minimum atomic E-state index is -1.56. The van der Waals surface area contributed by atoms with Crippen LogP contribution in [-0.2, 0) is 19.1 Å². The molecule has 0 radical (unpaired) electrons. The number of allylic oxidation sites excluding steroid dienone is 1. The zero-order valence-electron chi connectivity index (χ0n) is 21.5. The van der Waals surface area contributed by atoms with E-state index in [1.54, 1.807) is 12.1 Å². The number of carbonyl (C=O) groups is 4. The number of imide groups is 1. The summed E-state index contributed by atoms with van der Waals surface area (Å²) in [5.41, 5.74) is -1.66. The van der Waals surface area contributed by atoms with Gasteiger partial charge in [0, 0.05) is 23.5 Å². The number of fused-ring (bicyclic) bond motifs is 1. The lowest BCUT2D eigenvalue weighted by molar-refractivity contribution is -0.395. The van der Waals surface area contributed by atoms with Gasteiger partial charge >= 0.3 is 11.9 Å². The van der Waals surface area contributed by atoms with E-state index >= 15 is 0 Å². The number of carbonyl (C=O) groups excluding carboxylic acids is 4. The SMILES string of the molecule is COC(=O)C1C(C)=NC(C)=C(C(=O)OCCN2C(=O)c3ccccc3C2=O)C1c1c([N+](=O)[O-])cccc1[N+](=O)[O-]. The molecule has 40 heavy (non-hydrogen) atoms. The molecule has 0 saturated carbocycles. The fraction of sp³-hybridized carbons (Fsp3) is 0.269. The lowest BCUT2D eigenvalue weighted by Crippen LogP contribution is -2.37. The fourth-order valence-electron chi connectivity index (χ4n) is 4.97. The van der Waals surface area contributed by atoms with Crippen molar-refractivity contribution < 1.29 is 38.5 Å². The lowest BCUT2D eigenvalue weighted by atomic mass is 9.74. The number of nitro groups is 2. The van der Waals surface area contributed by atoms with Crippen LogP contribution in [0.3, 0.4) is 0 Å². The summed E-state index contributed by atoms with van der Waals surface area (Å²) in [5, 5.41) is 23.9. The lowest BCUT2D eigenvalue weighted by Gasteiger charge is -2.30. The van der Waals surface area contributed by atoms with Gasteiger partial charge in [0.1, 0.15) is 18.1 Å². The maximum atomic E-state index is 13.4. The molecule has 2 heterocycles. The van der Waals surface area contributed by atoms with Crippen molar-refractivity contribution in [3.8, 4) is 0 Å². The van der Waals surface area contributed by atoms with Gasteiger partial charge in [0.05, 0.1) is 46.1 Å². The number of aliphatic imine (C=N–C) groups is 1. The Morgan fingerprint density at radius 1 is 0.950 bits per heavy atom. The van der Waals surface area contributed by atoms with Crippen LogP contribution in [0.1, 0.15) is 46.0 Å². The van der Waals surface area contributed by atoms with E-state index in [0.717, 1.165) is 30.2 Å². The third kappa shape index (κ3) is 4.70. The first-order valence-electron chi connectivity index (χ1n) is 11.9. The number of esters is 2. The largest absolute Gasteiger partial charge is 0.468 e. The molecule has 2 aromatic carbocycles. The predicted octanol–water partition coefficient (Wildman–Crippen LogP) is 2.96. The molecule has 0 spiro atoms. The second-order valence-electron chi connectivity index (χ2n) is 8.90. The van der Waals surface area contributed by atoms with Crippen molar-refractivity contribution in [3.63, 3.8) is 0 Å². The van der Waals surface area contributed by atoms with Crippen LogP contribution in [0.4, 0.5) is 11.4 Å². The molecule has 206 valence electrons. The topological polar surface area (TPSA) is 189 Å². The molecule has 2 aliphatic heterocycles. The molecule has 2 aromatic rings. The molecule has 0 aliphatic carbocycles. The first kappa shape index (κ1) is 27.8. The fourth-order valence-corrected chi connectivity index (χ4v) is 4.97. The monoisotopic (exact) mass is 550 g/mol. The second kappa shape index (κ2) is 10.8. The summed E-state index contributed by atoms with van der Waals surface area (Å²) in [6, 6.07) is 9.37. The summed E-state index contributed by atoms with van der Waals surface area (Å²) >= 11 is 0. The molecule has 14 nitrogen and oxygen atoms in total. The van der Waals surface area contributed by atoms with Gasteiger partial charge in [0.15, 0.2) is 0 Å². The molecule has 0 N–H and O–H groups in total. The summed E-state index contributed by atoms with van der Waals surface area (Å²) in [4.78, 5) is 78.9. The number of benzene rings is 2. The summed E-state index contributed by atoms with van der Waals surface area (Å²) in [6.07, 6.45) is 0. The van der Waals surface area contributed by atoms with Crippen molar-refractivity contribution in [2.75, 3.05) is 20.3 Å². The summed E-state index contributed by atoms with van der Waals surface area (Å²) in [7, 11) is 1.06. The smallest absolute Gasteiger partial charge is 0.336 e.